The van der Waals surface area contributed by atoms with Crippen molar-refractivity contribution in [2.24, 2.45) is 0 Å². The molecule has 0 unspecified atom stereocenters. The molecule has 0 fully saturated rings. The van der Waals surface area contributed by atoms with Crippen LogP contribution in [0.2, 0.25) is 10.0 Å². The monoisotopic (exact) mass is 430 g/mol. The molecule has 0 aliphatic rings. The number of halogens is 2. The van der Waals surface area contributed by atoms with Gasteiger partial charge in [-0.15, -0.1) is 0 Å². The highest BCUT2D eigenvalue weighted by Crippen LogP contribution is 2.32. The first kappa shape index (κ1) is 24.8. The lowest BCUT2D eigenvalue weighted by molar-refractivity contribution is -0.144. The Morgan fingerprint density at radius 3 is 1.93 bits per heavy atom. The van der Waals surface area contributed by atoms with Crippen molar-refractivity contribution in [2.75, 3.05) is 6.61 Å². The number of rotatable bonds is 15. The number of esters is 2. The average Bonchev–Trinajstić information content (AvgIpc) is 2.66. The Kier molecular flexibility index (Phi) is 13.8. The first-order valence-electron chi connectivity index (χ1n) is 10.3. The predicted molar refractivity (Wildman–Crippen MR) is 114 cm³/mol. The highest BCUT2D eigenvalue weighted by atomic mass is 35.5. The van der Waals surface area contributed by atoms with Crippen LogP contribution in [0.15, 0.2) is 18.2 Å². The van der Waals surface area contributed by atoms with Crippen molar-refractivity contribution < 1.29 is 19.1 Å². The summed E-state index contributed by atoms with van der Waals surface area (Å²) >= 11 is 11.9. The number of ether oxygens (including phenoxy) is 2. The van der Waals surface area contributed by atoms with Gasteiger partial charge < -0.3 is 9.47 Å². The Morgan fingerprint density at radius 2 is 1.32 bits per heavy atom. The standard InChI is InChI=1S/C22H32Cl2O4/c1-2-3-4-5-6-7-8-9-10-17-27-20(25)15-12-16-21(26)28-22-18(23)13-11-14-19(22)24/h11,13-14H,2-10,12,15-17H2,1H3. The van der Waals surface area contributed by atoms with E-state index in [1.165, 1.54) is 44.9 Å². The van der Waals surface area contributed by atoms with Crippen molar-refractivity contribution in [3.05, 3.63) is 28.2 Å². The average molecular weight is 431 g/mol. The second-order valence-electron chi connectivity index (χ2n) is 6.93. The molecule has 0 saturated heterocycles. The third kappa shape index (κ3) is 11.6. The molecule has 0 aliphatic carbocycles. The van der Waals surface area contributed by atoms with Crippen LogP contribution in [-0.4, -0.2) is 18.5 Å². The summed E-state index contributed by atoms with van der Waals surface area (Å²) in [5, 5.41) is 0.558. The quantitative estimate of drug-likeness (QED) is 0.168. The molecule has 1 aromatic carbocycles. The largest absolute Gasteiger partial charge is 0.466 e. The van der Waals surface area contributed by atoms with Crippen molar-refractivity contribution >= 4 is 35.1 Å². The Labute approximate surface area is 178 Å². The van der Waals surface area contributed by atoms with Crippen LogP contribution in [0.4, 0.5) is 0 Å². The number of benzene rings is 1. The molecule has 0 spiro atoms. The number of hydrogen-bond donors (Lipinski definition) is 0. The van der Waals surface area contributed by atoms with Crippen LogP contribution in [0.5, 0.6) is 5.75 Å². The second kappa shape index (κ2) is 15.6. The van der Waals surface area contributed by atoms with E-state index in [2.05, 4.69) is 6.92 Å². The molecule has 0 aliphatic heterocycles. The summed E-state index contributed by atoms with van der Waals surface area (Å²) in [6.07, 6.45) is 11.7. The van der Waals surface area contributed by atoms with Gasteiger partial charge in [0.15, 0.2) is 5.75 Å². The predicted octanol–water partition coefficient (Wildman–Crippen LogP) is 7.14. The molecule has 6 heteroatoms. The van der Waals surface area contributed by atoms with Crippen LogP contribution in [0, 0.1) is 0 Å². The van der Waals surface area contributed by atoms with Gasteiger partial charge in [0, 0.05) is 12.8 Å². The molecular weight excluding hydrogens is 399 g/mol. The van der Waals surface area contributed by atoms with E-state index in [1.54, 1.807) is 18.2 Å². The maximum Gasteiger partial charge on any atom is 0.311 e. The molecule has 1 rings (SSSR count). The minimum absolute atomic E-state index is 0.106. The van der Waals surface area contributed by atoms with Gasteiger partial charge >= 0.3 is 11.9 Å². The molecule has 0 aromatic heterocycles. The zero-order chi connectivity index (χ0) is 20.6. The third-order valence-corrected chi connectivity index (χ3v) is 5.00. The van der Waals surface area contributed by atoms with E-state index in [0.717, 1.165) is 12.8 Å². The van der Waals surface area contributed by atoms with E-state index in [9.17, 15) is 9.59 Å². The number of carbonyl (C=O) groups is 2. The lowest BCUT2D eigenvalue weighted by Crippen LogP contribution is -2.11. The molecule has 4 nitrogen and oxygen atoms in total. The fourth-order valence-electron chi connectivity index (χ4n) is 2.79. The zero-order valence-electron chi connectivity index (χ0n) is 16.8. The summed E-state index contributed by atoms with van der Waals surface area (Å²) in [5.74, 6) is -0.589. The van der Waals surface area contributed by atoms with Gasteiger partial charge in [-0.05, 0) is 25.0 Å². The number of hydrogen-bond acceptors (Lipinski definition) is 4. The summed E-state index contributed by atoms with van der Waals surface area (Å²) in [7, 11) is 0. The van der Waals surface area contributed by atoms with Crippen LogP contribution in [-0.2, 0) is 14.3 Å². The van der Waals surface area contributed by atoms with Crippen molar-refractivity contribution in [3.63, 3.8) is 0 Å². The molecule has 0 heterocycles. The van der Waals surface area contributed by atoms with Crippen LogP contribution >= 0.6 is 23.2 Å². The fraction of sp³-hybridized carbons (Fsp3) is 0.636. The molecule has 0 saturated carbocycles. The Bertz CT molecular complexity index is 570. The van der Waals surface area contributed by atoms with Crippen molar-refractivity contribution in [1.82, 2.24) is 0 Å². The normalized spacial score (nSPS) is 10.7. The SMILES string of the molecule is CCCCCCCCCCCOC(=O)CCCC(=O)Oc1c(Cl)cccc1Cl. The minimum atomic E-state index is -0.471. The van der Waals surface area contributed by atoms with Gasteiger partial charge in [-0.25, -0.2) is 0 Å². The second-order valence-corrected chi connectivity index (χ2v) is 7.74. The van der Waals surface area contributed by atoms with E-state index >= 15 is 0 Å². The molecule has 0 amide bonds. The zero-order valence-corrected chi connectivity index (χ0v) is 18.3. The Morgan fingerprint density at radius 1 is 0.786 bits per heavy atom. The summed E-state index contributed by atoms with van der Waals surface area (Å²) < 4.78 is 10.4. The summed E-state index contributed by atoms with van der Waals surface area (Å²) in [6.45, 7) is 2.68. The van der Waals surface area contributed by atoms with E-state index in [0.29, 0.717) is 13.0 Å². The van der Waals surface area contributed by atoms with Crippen molar-refractivity contribution in [2.45, 2.75) is 84.0 Å². The fourth-order valence-corrected chi connectivity index (χ4v) is 3.27. The van der Waals surface area contributed by atoms with E-state index < -0.39 is 5.97 Å². The van der Waals surface area contributed by atoms with Gasteiger partial charge in [-0.2, -0.15) is 0 Å². The van der Waals surface area contributed by atoms with E-state index in [-0.39, 0.29) is 34.6 Å². The lowest BCUT2D eigenvalue weighted by Gasteiger charge is -2.08. The van der Waals surface area contributed by atoms with Gasteiger partial charge in [0.2, 0.25) is 0 Å². The van der Waals surface area contributed by atoms with E-state index in [4.69, 9.17) is 32.7 Å². The van der Waals surface area contributed by atoms with Gasteiger partial charge in [-0.3, -0.25) is 9.59 Å². The van der Waals surface area contributed by atoms with Gasteiger partial charge in [0.1, 0.15) is 0 Å². The molecule has 1 aromatic rings. The summed E-state index contributed by atoms with van der Waals surface area (Å²) in [6, 6.07) is 4.87. The Hall–Kier alpha value is -1.26. The van der Waals surface area contributed by atoms with Gasteiger partial charge in [0.05, 0.1) is 16.7 Å². The van der Waals surface area contributed by atoms with Gasteiger partial charge in [0.25, 0.3) is 0 Å². The number of para-hydroxylation sites is 1. The lowest BCUT2D eigenvalue weighted by atomic mass is 10.1. The summed E-state index contributed by atoms with van der Waals surface area (Å²) in [5.41, 5.74) is 0. The smallest absolute Gasteiger partial charge is 0.311 e. The van der Waals surface area contributed by atoms with Crippen molar-refractivity contribution in [3.8, 4) is 5.75 Å². The Balaban J connectivity index is 2.01. The first-order chi connectivity index (χ1) is 13.5. The van der Waals surface area contributed by atoms with Crippen LogP contribution < -0.4 is 4.74 Å². The highest BCUT2D eigenvalue weighted by Gasteiger charge is 2.13. The van der Waals surface area contributed by atoms with Crippen LogP contribution in [0.25, 0.3) is 0 Å². The third-order valence-electron chi connectivity index (χ3n) is 4.41. The molecule has 0 atom stereocenters. The first-order valence-corrected chi connectivity index (χ1v) is 11.1. The molecule has 158 valence electrons. The molecule has 28 heavy (non-hydrogen) atoms. The molecular formula is C22H32Cl2O4. The van der Waals surface area contributed by atoms with Crippen molar-refractivity contribution in [1.29, 1.82) is 0 Å². The summed E-state index contributed by atoms with van der Waals surface area (Å²) in [4.78, 5) is 23.6. The van der Waals surface area contributed by atoms with Crippen LogP contribution in [0.3, 0.4) is 0 Å². The van der Waals surface area contributed by atoms with E-state index in [1.807, 2.05) is 0 Å². The van der Waals surface area contributed by atoms with Gasteiger partial charge in [-0.1, -0.05) is 87.6 Å². The molecule has 0 N–H and O–H groups in total. The minimum Gasteiger partial charge on any atom is -0.466 e. The van der Waals surface area contributed by atoms with Crippen LogP contribution in [0.1, 0.15) is 84.0 Å². The highest BCUT2D eigenvalue weighted by molar-refractivity contribution is 6.37. The number of unbranched alkanes of at least 4 members (excludes halogenated alkanes) is 8. The maximum absolute atomic E-state index is 11.9. The topological polar surface area (TPSA) is 52.6 Å². The number of carbonyl (C=O) groups excluding carboxylic acids is 2. The maximum atomic E-state index is 11.9. The molecule has 0 bridgehead atoms. The molecule has 0 radical (unpaired) electrons.